The summed E-state index contributed by atoms with van der Waals surface area (Å²) in [5.74, 6) is 0.0120. The molecular formula is C15H21N3O. The van der Waals surface area contributed by atoms with Gasteiger partial charge in [0.2, 0.25) is 0 Å². The van der Waals surface area contributed by atoms with E-state index in [9.17, 15) is 5.11 Å². The van der Waals surface area contributed by atoms with Crippen LogP contribution >= 0.6 is 0 Å². The maximum absolute atomic E-state index is 9.42. The molecule has 0 amide bonds. The third-order valence-corrected chi connectivity index (χ3v) is 3.85. The van der Waals surface area contributed by atoms with Gasteiger partial charge in [0.25, 0.3) is 0 Å². The summed E-state index contributed by atoms with van der Waals surface area (Å²) in [6.07, 6.45) is 0.558. The van der Waals surface area contributed by atoms with Crippen LogP contribution in [-0.4, -0.2) is 15.7 Å². The Labute approximate surface area is 113 Å². The molecule has 2 aromatic rings. The van der Waals surface area contributed by atoms with Gasteiger partial charge in [-0.3, -0.25) is 0 Å². The molecule has 1 heterocycles. The number of aryl methyl sites for hydroxylation is 2. The highest BCUT2D eigenvalue weighted by Gasteiger charge is 2.18. The van der Waals surface area contributed by atoms with Gasteiger partial charge in [-0.15, -0.1) is 0 Å². The van der Waals surface area contributed by atoms with Crippen LogP contribution in [0.1, 0.15) is 16.8 Å². The molecule has 0 radical (unpaired) electrons. The molecule has 0 aliphatic heterocycles. The normalized spacial score (nSPS) is 12.8. The molecule has 0 spiro atoms. The fraction of sp³-hybridized carbons (Fsp3) is 0.333. The Kier molecular flexibility index (Phi) is 3.28. The van der Waals surface area contributed by atoms with Crippen molar-refractivity contribution in [3.8, 4) is 0 Å². The minimum Gasteiger partial charge on any atom is -0.511 e. The van der Waals surface area contributed by atoms with Gasteiger partial charge in [0.05, 0.1) is 17.2 Å². The van der Waals surface area contributed by atoms with E-state index in [2.05, 4.69) is 18.1 Å². The van der Waals surface area contributed by atoms with Gasteiger partial charge >= 0.3 is 0 Å². The first-order valence-electron chi connectivity index (χ1n) is 6.30. The summed E-state index contributed by atoms with van der Waals surface area (Å²) in [6, 6.07) is 3.48. The number of hydrogen-bond acceptors (Lipinski definition) is 3. The number of benzene rings is 1. The van der Waals surface area contributed by atoms with E-state index in [0.29, 0.717) is 6.42 Å². The van der Waals surface area contributed by atoms with Crippen molar-refractivity contribution in [3.63, 3.8) is 0 Å². The van der Waals surface area contributed by atoms with Gasteiger partial charge in [0.15, 0.2) is 0 Å². The molecule has 0 aliphatic rings. The molecule has 1 unspecified atom stereocenters. The standard InChI is InChI=1S/C15H21N3O/c1-8-5-6-12(16)15-14(8)11(9(2)18(15)4)7-13(17)10(3)19/h5-6,13,19H,3,7,16-17H2,1-2,4H3. The Morgan fingerprint density at radius 3 is 2.63 bits per heavy atom. The first-order chi connectivity index (χ1) is 8.84. The van der Waals surface area contributed by atoms with Crippen LogP contribution in [0.3, 0.4) is 0 Å². The van der Waals surface area contributed by atoms with E-state index in [1.807, 2.05) is 26.1 Å². The first kappa shape index (κ1) is 13.5. The molecule has 0 aliphatic carbocycles. The van der Waals surface area contributed by atoms with Crippen LogP contribution in [0.2, 0.25) is 0 Å². The fourth-order valence-corrected chi connectivity index (χ4v) is 2.59. The Balaban J connectivity index is 2.70. The molecule has 1 aromatic carbocycles. The second-order valence-electron chi connectivity index (χ2n) is 5.12. The van der Waals surface area contributed by atoms with Crippen LogP contribution in [0, 0.1) is 13.8 Å². The lowest BCUT2D eigenvalue weighted by Gasteiger charge is -2.11. The Morgan fingerprint density at radius 1 is 1.42 bits per heavy atom. The van der Waals surface area contributed by atoms with Gasteiger partial charge in [-0.25, -0.2) is 0 Å². The molecule has 0 saturated carbocycles. The maximum Gasteiger partial charge on any atom is 0.102 e. The number of aromatic nitrogens is 1. The lowest BCUT2D eigenvalue weighted by atomic mass is 9.99. The molecule has 0 bridgehead atoms. The highest BCUT2D eigenvalue weighted by Crippen LogP contribution is 2.32. The average molecular weight is 259 g/mol. The predicted molar refractivity (Wildman–Crippen MR) is 80.3 cm³/mol. The van der Waals surface area contributed by atoms with E-state index in [1.165, 1.54) is 5.56 Å². The molecular weight excluding hydrogens is 238 g/mol. The molecule has 4 nitrogen and oxygen atoms in total. The lowest BCUT2D eigenvalue weighted by Crippen LogP contribution is -2.25. The monoisotopic (exact) mass is 259 g/mol. The third kappa shape index (κ3) is 2.08. The zero-order valence-electron chi connectivity index (χ0n) is 11.7. The van der Waals surface area contributed by atoms with E-state index in [4.69, 9.17) is 11.5 Å². The van der Waals surface area contributed by atoms with Crippen molar-refractivity contribution in [3.05, 3.63) is 41.3 Å². The van der Waals surface area contributed by atoms with Crippen LogP contribution in [0.25, 0.3) is 10.9 Å². The van der Waals surface area contributed by atoms with Gasteiger partial charge < -0.3 is 21.1 Å². The molecule has 0 fully saturated rings. The summed E-state index contributed by atoms with van der Waals surface area (Å²) < 4.78 is 2.08. The maximum atomic E-state index is 9.42. The summed E-state index contributed by atoms with van der Waals surface area (Å²) in [5, 5.41) is 10.6. The molecule has 0 saturated heterocycles. The number of aliphatic hydroxyl groups is 1. The number of aliphatic hydroxyl groups excluding tert-OH is 1. The number of nitrogens with zero attached hydrogens (tertiary/aromatic N) is 1. The molecule has 1 aromatic heterocycles. The summed E-state index contributed by atoms with van der Waals surface area (Å²) in [5.41, 5.74) is 17.2. The van der Waals surface area contributed by atoms with Gasteiger partial charge in [-0.05, 0) is 37.5 Å². The quantitative estimate of drug-likeness (QED) is 0.584. The van der Waals surface area contributed by atoms with Crippen molar-refractivity contribution in [1.29, 1.82) is 0 Å². The molecule has 102 valence electrons. The van der Waals surface area contributed by atoms with E-state index < -0.39 is 6.04 Å². The van der Waals surface area contributed by atoms with E-state index in [-0.39, 0.29) is 5.76 Å². The topological polar surface area (TPSA) is 77.2 Å². The molecule has 1 atom stereocenters. The van der Waals surface area contributed by atoms with Crippen molar-refractivity contribution in [2.24, 2.45) is 12.8 Å². The zero-order valence-corrected chi connectivity index (χ0v) is 11.7. The number of hydrogen-bond donors (Lipinski definition) is 3. The number of anilines is 1. The molecule has 5 N–H and O–H groups in total. The van der Waals surface area contributed by atoms with Gasteiger partial charge in [0, 0.05) is 18.1 Å². The first-order valence-corrected chi connectivity index (χ1v) is 6.30. The van der Waals surface area contributed by atoms with Gasteiger partial charge in [-0.2, -0.15) is 0 Å². The number of nitrogens with two attached hydrogens (primary N) is 2. The Bertz CT molecular complexity index is 655. The summed E-state index contributed by atoms with van der Waals surface area (Å²) in [6.45, 7) is 7.61. The smallest absolute Gasteiger partial charge is 0.102 e. The Morgan fingerprint density at radius 2 is 2.05 bits per heavy atom. The highest BCUT2D eigenvalue weighted by atomic mass is 16.3. The minimum absolute atomic E-state index is 0.0120. The summed E-state index contributed by atoms with van der Waals surface area (Å²) in [4.78, 5) is 0. The second kappa shape index (κ2) is 4.63. The van der Waals surface area contributed by atoms with Crippen LogP contribution in [0.4, 0.5) is 5.69 Å². The Hall–Kier alpha value is -1.94. The van der Waals surface area contributed by atoms with Crippen molar-refractivity contribution < 1.29 is 5.11 Å². The minimum atomic E-state index is -0.454. The third-order valence-electron chi connectivity index (χ3n) is 3.85. The van der Waals surface area contributed by atoms with Crippen molar-refractivity contribution in [2.45, 2.75) is 26.3 Å². The molecule has 4 heteroatoms. The largest absolute Gasteiger partial charge is 0.511 e. The van der Waals surface area contributed by atoms with E-state index >= 15 is 0 Å². The van der Waals surface area contributed by atoms with Crippen LogP contribution < -0.4 is 11.5 Å². The number of rotatable bonds is 3. The predicted octanol–water partition coefficient (Wildman–Crippen LogP) is 2.32. The number of nitrogen functional groups attached to an aromatic ring is 1. The summed E-state index contributed by atoms with van der Waals surface area (Å²) in [7, 11) is 2.00. The SMILES string of the molecule is C=C(O)C(N)Cc1c(C)n(C)c2c(N)ccc(C)c12. The fourth-order valence-electron chi connectivity index (χ4n) is 2.59. The average Bonchev–Trinajstić information content (AvgIpc) is 2.60. The highest BCUT2D eigenvalue weighted by molar-refractivity contribution is 5.96. The summed E-state index contributed by atoms with van der Waals surface area (Å²) >= 11 is 0. The van der Waals surface area contributed by atoms with Crippen LogP contribution in [0.5, 0.6) is 0 Å². The van der Waals surface area contributed by atoms with Crippen molar-refractivity contribution in [2.75, 3.05) is 5.73 Å². The van der Waals surface area contributed by atoms with Crippen LogP contribution in [0.15, 0.2) is 24.5 Å². The van der Waals surface area contributed by atoms with Crippen LogP contribution in [-0.2, 0) is 13.5 Å². The van der Waals surface area contributed by atoms with Crippen molar-refractivity contribution >= 4 is 16.6 Å². The van der Waals surface area contributed by atoms with Gasteiger partial charge in [-0.1, -0.05) is 12.6 Å². The molecule has 2 rings (SSSR count). The van der Waals surface area contributed by atoms with Crippen molar-refractivity contribution in [1.82, 2.24) is 4.57 Å². The lowest BCUT2D eigenvalue weighted by molar-refractivity contribution is 0.368. The van der Waals surface area contributed by atoms with E-state index in [1.54, 1.807) is 0 Å². The number of fused-ring (bicyclic) bond motifs is 1. The van der Waals surface area contributed by atoms with E-state index in [0.717, 1.165) is 27.8 Å². The second-order valence-corrected chi connectivity index (χ2v) is 5.12. The zero-order chi connectivity index (χ0) is 14.3. The van der Waals surface area contributed by atoms with Gasteiger partial charge in [0.1, 0.15) is 5.76 Å². The molecule has 19 heavy (non-hydrogen) atoms.